The molecule has 3 nitrogen and oxygen atoms in total. The molecular weight excluding hydrogens is 208 g/mol. The molecule has 13 heavy (non-hydrogen) atoms. The molecular formula is C8H7ClN2OS. The second-order valence-electron chi connectivity index (χ2n) is 2.12. The van der Waals surface area contributed by atoms with Crippen LogP contribution in [0.25, 0.3) is 0 Å². The minimum Gasteiger partial charge on any atom is -0.495 e. The summed E-state index contributed by atoms with van der Waals surface area (Å²) in [6.45, 7) is 0. The number of nitrogens with one attached hydrogen (secondary N) is 1. The molecule has 0 saturated heterocycles. The van der Waals surface area contributed by atoms with Crippen LogP contribution in [0.1, 0.15) is 0 Å². The first-order valence-electron chi connectivity index (χ1n) is 3.43. The lowest BCUT2D eigenvalue weighted by Gasteiger charge is -2.07. The summed E-state index contributed by atoms with van der Waals surface area (Å²) in [4.78, 5) is 0. The highest BCUT2D eigenvalue weighted by atomic mass is 35.5. The number of hydrogen-bond acceptors (Lipinski definition) is 4. The molecule has 68 valence electrons. The molecule has 5 heteroatoms. The molecule has 0 aromatic heterocycles. The number of ether oxygens (including phenoxy) is 1. The van der Waals surface area contributed by atoms with E-state index >= 15 is 0 Å². The van der Waals surface area contributed by atoms with Gasteiger partial charge in [-0.1, -0.05) is 17.7 Å². The number of nitrogens with zero attached hydrogens (tertiary/aromatic N) is 1. The lowest BCUT2D eigenvalue weighted by atomic mass is 10.3. The van der Waals surface area contributed by atoms with Crippen LogP contribution in [-0.2, 0) is 0 Å². The summed E-state index contributed by atoms with van der Waals surface area (Å²) in [5, 5.41) is 10.7. The average molecular weight is 215 g/mol. The minimum atomic E-state index is 0.479. The van der Waals surface area contributed by atoms with Crippen molar-refractivity contribution < 1.29 is 4.74 Å². The first-order valence-corrected chi connectivity index (χ1v) is 4.62. The summed E-state index contributed by atoms with van der Waals surface area (Å²) in [5.74, 6) is 0.588. The highest BCUT2D eigenvalue weighted by Gasteiger charge is 2.04. The van der Waals surface area contributed by atoms with Crippen LogP contribution in [-0.4, -0.2) is 7.11 Å². The number of nitriles is 1. The third kappa shape index (κ3) is 2.44. The average Bonchev–Trinajstić information content (AvgIpc) is 2.16. The summed E-state index contributed by atoms with van der Waals surface area (Å²) < 4.78 is 7.78. The van der Waals surface area contributed by atoms with Crippen LogP contribution < -0.4 is 9.46 Å². The Hall–Kier alpha value is -1.05. The largest absolute Gasteiger partial charge is 0.495 e. The predicted molar refractivity (Wildman–Crippen MR) is 54.8 cm³/mol. The van der Waals surface area contributed by atoms with Crippen molar-refractivity contribution in [3.63, 3.8) is 0 Å². The van der Waals surface area contributed by atoms with E-state index in [-0.39, 0.29) is 0 Å². The van der Waals surface area contributed by atoms with E-state index in [2.05, 4.69) is 4.72 Å². The molecule has 0 atom stereocenters. The van der Waals surface area contributed by atoms with Crippen LogP contribution in [0.3, 0.4) is 0 Å². The highest BCUT2D eigenvalue weighted by molar-refractivity contribution is 8.04. The molecule has 1 N–H and O–H groups in total. The lowest BCUT2D eigenvalue weighted by molar-refractivity contribution is 0.415. The van der Waals surface area contributed by atoms with Gasteiger partial charge in [-0.05, 0) is 12.1 Å². The number of methoxy groups -OCH3 is 1. The normalized spacial score (nSPS) is 9.00. The monoisotopic (exact) mass is 214 g/mol. The smallest absolute Gasteiger partial charge is 0.155 e. The van der Waals surface area contributed by atoms with Gasteiger partial charge in [-0.15, -0.1) is 0 Å². The zero-order valence-corrected chi connectivity index (χ0v) is 8.45. The number of thiocyanates is 1. The number of rotatable bonds is 3. The van der Waals surface area contributed by atoms with Crippen molar-refractivity contribution in [2.45, 2.75) is 0 Å². The quantitative estimate of drug-likeness (QED) is 0.621. The van der Waals surface area contributed by atoms with E-state index in [9.17, 15) is 0 Å². The van der Waals surface area contributed by atoms with Crippen LogP contribution in [0, 0.1) is 10.7 Å². The van der Waals surface area contributed by atoms with Gasteiger partial charge < -0.3 is 9.46 Å². The van der Waals surface area contributed by atoms with Crippen LogP contribution in [0.15, 0.2) is 18.2 Å². The van der Waals surface area contributed by atoms with Gasteiger partial charge >= 0.3 is 0 Å². The summed E-state index contributed by atoms with van der Waals surface area (Å²) >= 11 is 6.84. The molecule has 0 fully saturated rings. The Kier molecular flexibility index (Phi) is 3.74. The third-order valence-corrected chi connectivity index (χ3v) is 2.19. The maximum absolute atomic E-state index is 8.32. The van der Waals surface area contributed by atoms with Gasteiger partial charge in [-0.3, -0.25) is 0 Å². The molecule has 0 aliphatic carbocycles. The van der Waals surface area contributed by atoms with Crippen molar-refractivity contribution in [3.05, 3.63) is 23.2 Å². The van der Waals surface area contributed by atoms with E-state index in [1.54, 1.807) is 25.3 Å². The van der Waals surface area contributed by atoms with E-state index in [1.807, 2.05) is 5.40 Å². The van der Waals surface area contributed by atoms with Gasteiger partial charge in [-0.2, -0.15) is 5.26 Å². The molecule has 0 aliphatic heterocycles. The second kappa shape index (κ2) is 4.85. The summed E-state index contributed by atoms with van der Waals surface area (Å²) in [6, 6.07) is 5.32. The number of anilines is 1. The van der Waals surface area contributed by atoms with E-state index in [4.69, 9.17) is 21.6 Å². The number of hydrogen-bond donors (Lipinski definition) is 1. The number of benzene rings is 1. The molecule has 0 saturated carbocycles. The van der Waals surface area contributed by atoms with Crippen molar-refractivity contribution in [1.82, 2.24) is 0 Å². The Morgan fingerprint density at radius 3 is 3.00 bits per heavy atom. The molecule has 1 aromatic rings. The molecule has 1 aromatic carbocycles. The van der Waals surface area contributed by atoms with E-state index in [0.29, 0.717) is 16.5 Å². The van der Waals surface area contributed by atoms with Gasteiger partial charge in [0, 0.05) is 0 Å². The van der Waals surface area contributed by atoms with Crippen LogP contribution in [0.5, 0.6) is 5.75 Å². The minimum absolute atomic E-state index is 0.479. The Bertz CT molecular complexity index is 337. The first kappa shape index (κ1) is 10.0. The standard InChI is InChI=1S/C8H7ClN2OS/c1-12-7-4-2-3-6(8(7)9)11-13-5-10/h2-4,11H,1H3. The van der Waals surface area contributed by atoms with Crippen molar-refractivity contribution in [3.8, 4) is 11.2 Å². The third-order valence-electron chi connectivity index (χ3n) is 1.39. The van der Waals surface area contributed by atoms with Gasteiger partial charge in [0.15, 0.2) is 5.40 Å². The van der Waals surface area contributed by atoms with Gasteiger partial charge in [-0.25, -0.2) is 0 Å². The fraction of sp³-hybridized carbons (Fsp3) is 0.125. The molecule has 0 radical (unpaired) electrons. The SMILES string of the molecule is COc1cccc(NSC#N)c1Cl. The zero-order valence-electron chi connectivity index (χ0n) is 6.87. The topological polar surface area (TPSA) is 45.0 Å². The second-order valence-corrected chi connectivity index (χ2v) is 3.09. The van der Waals surface area contributed by atoms with E-state index < -0.39 is 0 Å². The fourth-order valence-corrected chi connectivity index (χ4v) is 1.46. The van der Waals surface area contributed by atoms with Crippen molar-refractivity contribution in [2.24, 2.45) is 0 Å². The summed E-state index contributed by atoms with van der Waals surface area (Å²) in [7, 11) is 1.54. The summed E-state index contributed by atoms with van der Waals surface area (Å²) in [5.41, 5.74) is 0.674. The van der Waals surface area contributed by atoms with Gasteiger partial charge in [0.25, 0.3) is 0 Å². The Morgan fingerprint density at radius 2 is 2.38 bits per heavy atom. The molecule has 0 bridgehead atoms. The maximum Gasteiger partial charge on any atom is 0.155 e. The highest BCUT2D eigenvalue weighted by Crippen LogP contribution is 2.32. The molecule has 1 rings (SSSR count). The van der Waals surface area contributed by atoms with Gasteiger partial charge in [0.1, 0.15) is 10.8 Å². The molecule has 0 amide bonds. The Balaban J connectivity index is 2.89. The fourth-order valence-electron chi connectivity index (χ4n) is 0.825. The Morgan fingerprint density at radius 1 is 1.62 bits per heavy atom. The maximum atomic E-state index is 8.32. The molecule has 0 aliphatic rings. The van der Waals surface area contributed by atoms with Gasteiger partial charge in [0.05, 0.1) is 24.7 Å². The zero-order chi connectivity index (χ0) is 9.68. The van der Waals surface area contributed by atoms with Crippen LogP contribution >= 0.6 is 23.5 Å². The van der Waals surface area contributed by atoms with Crippen LogP contribution in [0.2, 0.25) is 5.02 Å². The first-order chi connectivity index (χ1) is 6.29. The summed E-state index contributed by atoms with van der Waals surface area (Å²) in [6.07, 6.45) is 0. The Labute approximate surface area is 85.8 Å². The van der Waals surface area contributed by atoms with E-state index in [1.165, 1.54) is 0 Å². The molecule has 0 heterocycles. The van der Waals surface area contributed by atoms with Crippen LogP contribution in [0.4, 0.5) is 5.69 Å². The van der Waals surface area contributed by atoms with Gasteiger partial charge in [0.2, 0.25) is 0 Å². The van der Waals surface area contributed by atoms with Crippen molar-refractivity contribution >= 4 is 29.2 Å². The van der Waals surface area contributed by atoms with E-state index in [0.717, 1.165) is 11.9 Å². The lowest BCUT2D eigenvalue weighted by Crippen LogP contribution is -1.89. The van der Waals surface area contributed by atoms with Crippen molar-refractivity contribution in [2.75, 3.05) is 11.8 Å². The van der Waals surface area contributed by atoms with Crippen molar-refractivity contribution in [1.29, 1.82) is 5.26 Å². The molecule has 0 spiro atoms. The molecule has 0 unspecified atom stereocenters. The predicted octanol–water partition coefficient (Wildman–Crippen LogP) is 2.89. The number of halogens is 1.